The molecule has 0 unspecified atom stereocenters. The number of aromatic nitrogens is 2. The fourth-order valence-corrected chi connectivity index (χ4v) is 2.14. The van der Waals surface area contributed by atoms with Crippen LogP contribution in [0.2, 0.25) is 0 Å². The van der Waals surface area contributed by atoms with Crippen LogP contribution in [0.5, 0.6) is 0 Å². The molecule has 0 bridgehead atoms. The molecule has 6 heteroatoms. The molecule has 0 aliphatic carbocycles. The van der Waals surface area contributed by atoms with Gasteiger partial charge in [-0.3, -0.25) is 0 Å². The first-order valence-corrected chi connectivity index (χ1v) is 6.59. The summed E-state index contributed by atoms with van der Waals surface area (Å²) in [6.45, 7) is 3.45. The van der Waals surface area contributed by atoms with Crippen molar-refractivity contribution >= 4 is 23.1 Å². The molecule has 1 aliphatic heterocycles. The highest BCUT2D eigenvalue weighted by Crippen LogP contribution is 2.20. The molecule has 0 saturated carbocycles. The van der Waals surface area contributed by atoms with Gasteiger partial charge in [-0.1, -0.05) is 0 Å². The first-order chi connectivity index (χ1) is 9.81. The van der Waals surface area contributed by atoms with Gasteiger partial charge >= 0.3 is 0 Å². The first-order valence-electron chi connectivity index (χ1n) is 6.59. The summed E-state index contributed by atoms with van der Waals surface area (Å²) in [5.74, 6) is 0.955. The molecule has 1 saturated heterocycles. The van der Waals surface area contributed by atoms with Crippen molar-refractivity contribution in [3.63, 3.8) is 0 Å². The van der Waals surface area contributed by atoms with Crippen LogP contribution in [-0.2, 0) is 4.74 Å². The molecule has 0 radical (unpaired) electrons. The molecule has 2 heterocycles. The number of morpholine rings is 1. The molecule has 0 spiro atoms. The van der Waals surface area contributed by atoms with E-state index in [9.17, 15) is 0 Å². The van der Waals surface area contributed by atoms with Crippen molar-refractivity contribution in [1.29, 1.82) is 0 Å². The van der Waals surface area contributed by atoms with Crippen LogP contribution in [0.25, 0.3) is 0 Å². The van der Waals surface area contributed by atoms with E-state index in [1.54, 1.807) is 12.3 Å². The monoisotopic (exact) mass is 271 g/mol. The second-order valence-electron chi connectivity index (χ2n) is 4.58. The Hall–Kier alpha value is -2.34. The predicted molar refractivity (Wildman–Crippen MR) is 79.2 cm³/mol. The fourth-order valence-electron chi connectivity index (χ4n) is 2.14. The highest BCUT2D eigenvalue weighted by atomic mass is 16.5. The van der Waals surface area contributed by atoms with Crippen LogP contribution in [-0.4, -0.2) is 36.3 Å². The van der Waals surface area contributed by atoms with Crippen molar-refractivity contribution in [3.8, 4) is 0 Å². The van der Waals surface area contributed by atoms with Gasteiger partial charge in [0.25, 0.3) is 0 Å². The van der Waals surface area contributed by atoms with Gasteiger partial charge < -0.3 is 20.7 Å². The van der Waals surface area contributed by atoms with Crippen molar-refractivity contribution in [2.45, 2.75) is 0 Å². The van der Waals surface area contributed by atoms with Crippen molar-refractivity contribution in [2.75, 3.05) is 42.3 Å². The molecule has 1 aliphatic rings. The maximum absolute atomic E-state index is 5.62. The van der Waals surface area contributed by atoms with E-state index in [0.29, 0.717) is 11.8 Å². The summed E-state index contributed by atoms with van der Waals surface area (Å²) in [4.78, 5) is 10.5. The molecule has 3 rings (SSSR count). The third-order valence-corrected chi connectivity index (χ3v) is 3.18. The largest absolute Gasteiger partial charge is 0.384 e. The van der Waals surface area contributed by atoms with E-state index < -0.39 is 0 Å². The summed E-state index contributed by atoms with van der Waals surface area (Å²) in [5, 5.41) is 3.13. The average molecular weight is 271 g/mol. The van der Waals surface area contributed by atoms with Crippen molar-refractivity contribution in [2.24, 2.45) is 0 Å². The zero-order valence-electron chi connectivity index (χ0n) is 11.1. The first kappa shape index (κ1) is 12.7. The molecule has 1 fully saturated rings. The minimum absolute atomic E-state index is 0.451. The number of nitrogen functional groups attached to an aromatic ring is 1. The van der Waals surface area contributed by atoms with Gasteiger partial charge in [-0.2, -0.15) is 4.98 Å². The normalized spacial score (nSPS) is 15.1. The number of nitrogens with zero attached hydrogens (tertiary/aromatic N) is 3. The second-order valence-corrected chi connectivity index (χ2v) is 4.58. The minimum atomic E-state index is 0.451. The van der Waals surface area contributed by atoms with Crippen molar-refractivity contribution < 1.29 is 4.74 Å². The molecule has 0 atom stereocenters. The van der Waals surface area contributed by atoms with Gasteiger partial charge in [-0.25, -0.2) is 4.98 Å². The van der Waals surface area contributed by atoms with Crippen molar-refractivity contribution in [1.82, 2.24) is 9.97 Å². The van der Waals surface area contributed by atoms with E-state index in [4.69, 9.17) is 10.5 Å². The lowest BCUT2D eigenvalue weighted by Crippen LogP contribution is -2.36. The fraction of sp³-hybridized carbons (Fsp3) is 0.286. The van der Waals surface area contributed by atoms with Crippen LogP contribution < -0.4 is 16.0 Å². The van der Waals surface area contributed by atoms with Crippen LogP contribution >= 0.6 is 0 Å². The molecule has 0 amide bonds. The smallest absolute Gasteiger partial charge is 0.229 e. The molecular formula is C14H17N5O. The van der Waals surface area contributed by atoms with Crippen LogP contribution in [0.3, 0.4) is 0 Å². The maximum Gasteiger partial charge on any atom is 0.229 e. The average Bonchev–Trinajstić information content (AvgIpc) is 2.49. The number of hydrogen-bond donors (Lipinski definition) is 2. The minimum Gasteiger partial charge on any atom is -0.384 e. The molecular weight excluding hydrogens is 254 g/mol. The van der Waals surface area contributed by atoms with Crippen LogP contribution in [0, 0.1) is 0 Å². The molecule has 3 N–H and O–H groups in total. The number of nitrogens with one attached hydrogen (secondary N) is 1. The molecule has 6 nitrogen and oxygen atoms in total. The van der Waals surface area contributed by atoms with Crippen LogP contribution in [0.1, 0.15) is 0 Å². The number of ether oxygens (including phenoxy) is 1. The summed E-state index contributed by atoms with van der Waals surface area (Å²) in [6.07, 6.45) is 1.63. The Morgan fingerprint density at radius 3 is 2.55 bits per heavy atom. The molecule has 20 heavy (non-hydrogen) atoms. The van der Waals surface area contributed by atoms with Gasteiger partial charge in [0.2, 0.25) is 5.95 Å². The lowest BCUT2D eigenvalue weighted by atomic mass is 10.2. The van der Waals surface area contributed by atoms with Crippen LogP contribution in [0.15, 0.2) is 36.5 Å². The highest BCUT2D eigenvalue weighted by Gasteiger charge is 2.10. The zero-order valence-corrected chi connectivity index (χ0v) is 11.1. The summed E-state index contributed by atoms with van der Waals surface area (Å²) < 4.78 is 5.35. The molecule has 104 valence electrons. The van der Waals surface area contributed by atoms with E-state index in [1.807, 2.05) is 12.1 Å². The second kappa shape index (κ2) is 5.75. The van der Waals surface area contributed by atoms with Gasteiger partial charge in [0.15, 0.2) is 0 Å². The summed E-state index contributed by atoms with van der Waals surface area (Å²) in [6, 6.07) is 9.85. The quantitative estimate of drug-likeness (QED) is 0.883. The van der Waals surface area contributed by atoms with E-state index in [-0.39, 0.29) is 0 Å². The Labute approximate surface area is 117 Å². The van der Waals surface area contributed by atoms with E-state index >= 15 is 0 Å². The van der Waals surface area contributed by atoms with Gasteiger partial charge in [-0.05, 0) is 30.3 Å². The maximum atomic E-state index is 5.62. The van der Waals surface area contributed by atoms with Gasteiger partial charge in [-0.15, -0.1) is 0 Å². The standard InChI is InChI=1S/C14H17N5O/c15-13-5-6-16-14(18-13)17-11-1-3-12(4-2-11)19-7-9-20-10-8-19/h1-6H,7-10H2,(H3,15,16,17,18). The number of benzene rings is 1. The predicted octanol–water partition coefficient (Wildman–Crippen LogP) is 1.64. The van der Waals surface area contributed by atoms with E-state index in [1.165, 1.54) is 5.69 Å². The summed E-state index contributed by atoms with van der Waals surface area (Å²) in [7, 11) is 0. The number of nitrogens with two attached hydrogens (primary N) is 1. The third kappa shape index (κ3) is 2.97. The van der Waals surface area contributed by atoms with E-state index in [2.05, 4.69) is 32.3 Å². The lowest BCUT2D eigenvalue weighted by molar-refractivity contribution is 0.122. The van der Waals surface area contributed by atoms with Gasteiger partial charge in [0.1, 0.15) is 5.82 Å². The topological polar surface area (TPSA) is 76.3 Å². The SMILES string of the molecule is Nc1ccnc(Nc2ccc(N3CCOCC3)cc2)n1. The van der Waals surface area contributed by atoms with Gasteiger partial charge in [0, 0.05) is 30.7 Å². The van der Waals surface area contributed by atoms with Gasteiger partial charge in [0.05, 0.1) is 13.2 Å². The highest BCUT2D eigenvalue weighted by molar-refractivity contribution is 5.59. The Bertz CT molecular complexity index is 566. The number of rotatable bonds is 3. The van der Waals surface area contributed by atoms with Crippen molar-refractivity contribution in [3.05, 3.63) is 36.5 Å². The Balaban J connectivity index is 1.69. The number of anilines is 4. The molecule has 2 aromatic rings. The van der Waals surface area contributed by atoms with Crippen LogP contribution in [0.4, 0.5) is 23.1 Å². The number of hydrogen-bond acceptors (Lipinski definition) is 6. The third-order valence-electron chi connectivity index (χ3n) is 3.18. The Morgan fingerprint density at radius 2 is 1.85 bits per heavy atom. The zero-order chi connectivity index (χ0) is 13.8. The Kier molecular flexibility index (Phi) is 3.64. The Morgan fingerprint density at radius 1 is 1.10 bits per heavy atom. The molecule has 1 aromatic carbocycles. The summed E-state index contributed by atoms with van der Waals surface area (Å²) in [5.41, 5.74) is 7.76. The van der Waals surface area contributed by atoms with E-state index in [0.717, 1.165) is 32.0 Å². The molecule has 1 aromatic heterocycles. The lowest BCUT2D eigenvalue weighted by Gasteiger charge is -2.28. The summed E-state index contributed by atoms with van der Waals surface area (Å²) >= 11 is 0.